The molecule has 0 bridgehead atoms. The number of aromatic hydroxyl groups is 1. The quantitative estimate of drug-likeness (QED) is 0.454. The van der Waals surface area contributed by atoms with Gasteiger partial charge < -0.3 is 20.6 Å². The summed E-state index contributed by atoms with van der Waals surface area (Å²) in [5.41, 5.74) is -0.272. The second-order valence-corrected chi connectivity index (χ2v) is 5.60. The van der Waals surface area contributed by atoms with Crippen LogP contribution in [0.4, 0.5) is 0 Å². The molecule has 0 aliphatic carbocycles. The van der Waals surface area contributed by atoms with Crippen LogP contribution < -0.4 is 10.2 Å². The van der Waals surface area contributed by atoms with Crippen molar-refractivity contribution in [3.8, 4) is 11.5 Å². The zero-order chi connectivity index (χ0) is 16.2. The first kappa shape index (κ1) is 17.2. The van der Waals surface area contributed by atoms with Gasteiger partial charge in [-0.2, -0.15) is 0 Å². The third kappa shape index (κ3) is 4.85. The van der Waals surface area contributed by atoms with E-state index < -0.39 is 17.8 Å². The Kier molecular flexibility index (Phi) is 5.47. The van der Waals surface area contributed by atoms with Crippen molar-refractivity contribution in [2.75, 3.05) is 6.54 Å². The molecule has 1 aromatic carbocycles. The van der Waals surface area contributed by atoms with E-state index in [0.717, 1.165) is 0 Å². The largest absolute Gasteiger partial charge is 0.508 e. The molecule has 1 atom stereocenters. The average Bonchev–Trinajstić information content (AvgIpc) is 2.35. The summed E-state index contributed by atoms with van der Waals surface area (Å²) in [5.74, 6) is -0.681. The summed E-state index contributed by atoms with van der Waals surface area (Å²) in [5, 5.41) is 41.5. The SMILES string of the molecule is CC(C)(C)NCC(O)c1ccc(O)c(CO)c1O[N+](=O)[O-]. The molecule has 0 radical (unpaired) electrons. The van der Waals surface area contributed by atoms with Gasteiger partial charge in [0.25, 0.3) is 5.09 Å². The Bertz CT molecular complexity index is 512. The lowest BCUT2D eigenvalue weighted by Crippen LogP contribution is -2.38. The van der Waals surface area contributed by atoms with Crippen molar-refractivity contribution in [1.29, 1.82) is 0 Å². The molecular weight excluding hydrogens is 280 g/mol. The Morgan fingerprint density at radius 3 is 2.52 bits per heavy atom. The minimum atomic E-state index is -1.09. The first-order valence-corrected chi connectivity index (χ1v) is 6.36. The first-order valence-electron chi connectivity index (χ1n) is 6.36. The van der Waals surface area contributed by atoms with Crippen molar-refractivity contribution in [2.45, 2.75) is 39.0 Å². The zero-order valence-electron chi connectivity index (χ0n) is 12.2. The van der Waals surface area contributed by atoms with Crippen molar-refractivity contribution in [3.63, 3.8) is 0 Å². The van der Waals surface area contributed by atoms with E-state index in [1.165, 1.54) is 12.1 Å². The van der Waals surface area contributed by atoms with Gasteiger partial charge in [0.2, 0.25) is 0 Å². The van der Waals surface area contributed by atoms with Gasteiger partial charge in [-0.3, -0.25) is 4.84 Å². The molecule has 0 fully saturated rings. The maximum absolute atomic E-state index is 10.6. The van der Waals surface area contributed by atoms with Crippen LogP contribution in [0.2, 0.25) is 0 Å². The van der Waals surface area contributed by atoms with Gasteiger partial charge in [-0.1, -0.05) is 6.07 Å². The normalized spacial score (nSPS) is 13.0. The second-order valence-electron chi connectivity index (χ2n) is 5.60. The fourth-order valence-electron chi connectivity index (χ4n) is 1.75. The second kappa shape index (κ2) is 6.70. The molecule has 1 unspecified atom stereocenters. The van der Waals surface area contributed by atoms with Crippen LogP contribution in [0.3, 0.4) is 0 Å². The molecule has 4 N–H and O–H groups in total. The van der Waals surface area contributed by atoms with Crippen LogP contribution in [0.5, 0.6) is 11.5 Å². The molecule has 118 valence electrons. The van der Waals surface area contributed by atoms with Crippen molar-refractivity contribution >= 4 is 0 Å². The van der Waals surface area contributed by atoms with Gasteiger partial charge in [-0.25, -0.2) is 0 Å². The summed E-state index contributed by atoms with van der Waals surface area (Å²) >= 11 is 0. The monoisotopic (exact) mass is 300 g/mol. The van der Waals surface area contributed by atoms with Gasteiger partial charge in [0.15, 0.2) is 0 Å². The highest BCUT2D eigenvalue weighted by molar-refractivity contribution is 5.49. The average molecular weight is 300 g/mol. The summed E-state index contributed by atoms with van der Waals surface area (Å²) < 4.78 is 0. The molecule has 0 spiro atoms. The highest BCUT2D eigenvalue weighted by Crippen LogP contribution is 2.35. The van der Waals surface area contributed by atoms with Crippen molar-refractivity contribution in [2.24, 2.45) is 0 Å². The van der Waals surface area contributed by atoms with E-state index in [9.17, 15) is 25.4 Å². The van der Waals surface area contributed by atoms with Crippen molar-refractivity contribution in [1.82, 2.24) is 5.32 Å². The molecule has 1 rings (SSSR count). The molecule has 0 aliphatic heterocycles. The van der Waals surface area contributed by atoms with Crippen molar-refractivity contribution < 1.29 is 25.2 Å². The number of phenols is 1. The number of rotatable bonds is 6. The van der Waals surface area contributed by atoms with E-state index in [2.05, 4.69) is 10.2 Å². The lowest BCUT2D eigenvalue weighted by Gasteiger charge is -2.24. The Hall–Kier alpha value is -1.90. The number of nitrogens with zero attached hydrogens (tertiary/aromatic N) is 1. The number of aliphatic hydroxyl groups is 2. The predicted molar refractivity (Wildman–Crippen MR) is 74.4 cm³/mol. The van der Waals surface area contributed by atoms with Crippen LogP contribution in [0, 0.1) is 10.1 Å². The van der Waals surface area contributed by atoms with Gasteiger partial charge in [-0.15, -0.1) is 10.1 Å². The fraction of sp³-hybridized carbons (Fsp3) is 0.538. The zero-order valence-corrected chi connectivity index (χ0v) is 12.2. The number of hydrogen-bond acceptors (Lipinski definition) is 7. The molecule has 8 heteroatoms. The van der Waals surface area contributed by atoms with E-state index in [0.29, 0.717) is 0 Å². The number of benzene rings is 1. The fourth-order valence-corrected chi connectivity index (χ4v) is 1.75. The molecule has 21 heavy (non-hydrogen) atoms. The van der Waals surface area contributed by atoms with Gasteiger partial charge >= 0.3 is 0 Å². The predicted octanol–water partition coefficient (Wildman–Crippen LogP) is 0.876. The van der Waals surface area contributed by atoms with Gasteiger partial charge in [-0.05, 0) is 26.8 Å². The topological polar surface area (TPSA) is 125 Å². The maximum Gasteiger partial charge on any atom is 0.299 e. The van der Waals surface area contributed by atoms with E-state index in [4.69, 9.17) is 0 Å². The first-order chi connectivity index (χ1) is 9.65. The molecular formula is C13H20N2O6. The molecule has 8 nitrogen and oxygen atoms in total. The summed E-state index contributed by atoms with van der Waals surface area (Å²) in [6.07, 6.45) is -1.09. The highest BCUT2D eigenvalue weighted by Gasteiger charge is 2.22. The molecule has 0 saturated carbocycles. The number of hydrogen-bond donors (Lipinski definition) is 4. The number of aliphatic hydroxyl groups excluding tert-OH is 2. The molecule has 0 aliphatic rings. The summed E-state index contributed by atoms with van der Waals surface area (Å²) in [6, 6.07) is 2.57. The van der Waals surface area contributed by atoms with E-state index in [1.54, 1.807) is 0 Å². The molecule has 0 aromatic heterocycles. The highest BCUT2D eigenvalue weighted by atomic mass is 17.0. The van der Waals surface area contributed by atoms with E-state index >= 15 is 0 Å². The van der Waals surface area contributed by atoms with E-state index in [1.807, 2.05) is 20.8 Å². The third-order valence-corrected chi connectivity index (χ3v) is 2.77. The van der Waals surface area contributed by atoms with Crippen LogP contribution in [0.15, 0.2) is 12.1 Å². The van der Waals surface area contributed by atoms with Crippen LogP contribution in [-0.2, 0) is 6.61 Å². The Labute approximate surface area is 122 Å². The minimum absolute atomic E-state index is 0.116. The lowest BCUT2D eigenvalue weighted by molar-refractivity contribution is -0.711. The third-order valence-electron chi connectivity index (χ3n) is 2.77. The lowest BCUT2D eigenvalue weighted by atomic mass is 10.0. The maximum atomic E-state index is 10.6. The number of nitrogens with one attached hydrogen (secondary N) is 1. The van der Waals surface area contributed by atoms with Crippen LogP contribution >= 0.6 is 0 Å². The molecule has 0 saturated heterocycles. The van der Waals surface area contributed by atoms with Crippen LogP contribution in [-0.4, -0.2) is 32.5 Å². The van der Waals surface area contributed by atoms with Crippen LogP contribution in [0.1, 0.15) is 38.0 Å². The Morgan fingerprint density at radius 1 is 1.43 bits per heavy atom. The molecule has 0 amide bonds. The molecule has 0 heterocycles. The van der Waals surface area contributed by atoms with Gasteiger partial charge in [0.1, 0.15) is 11.5 Å². The summed E-state index contributed by atoms with van der Waals surface area (Å²) in [4.78, 5) is 15.0. The summed E-state index contributed by atoms with van der Waals surface area (Å²) in [6.45, 7) is 5.20. The molecule has 1 aromatic rings. The van der Waals surface area contributed by atoms with Crippen molar-refractivity contribution in [3.05, 3.63) is 33.4 Å². The Balaban J connectivity index is 3.12. The van der Waals surface area contributed by atoms with Gasteiger partial charge in [0.05, 0.1) is 12.7 Å². The Morgan fingerprint density at radius 2 is 2.05 bits per heavy atom. The smallest absolute Gasteiger partial charge is 0.299 e. The standard InChI is InChI=1S/C13H20N2O6/c1-13(2,3)14-6-11(18)8-4-5-10(17)9(7-16)12(8)21-15(19)20/h4-5,11,14,16-18H,6-7H2,1-3H3. The van der Waals surface area contributed by atoms with Gasteiger partial charge in [0, 0.05) is 23.2 Å². The van der Waals surface area contributed by atoms with E-state index in [-0.39, 0.29) is 34.7 Å². The minimum Gasteiger partial charge on any atom is -0.508 e. The van der Waals surface area contributed by atoms with Crippen LogP contribution in [0.25, 0.3) is 0 Å². The summed E-state index contributed by atoms with van der Waals surface area (Å²) in [7, 11) is 0. The number of β-amino-alcohol motifs (C(OH)–C–C–N with tert-alkyl or cyclic N) is 1.